The van der Waals surface area contributed by atoms with Crippen molar-refractivity contribution in [3.63, 3.8) is 0 Å². The van der Waals surface area contributed by atoms with Crippen LogP contribution in [0.1, 0.15) is 25.6 Å². The summed E-state index contributed by atoms with van der Waals surface area (Å²) >= 11 is 0. The third kappa shape index (κ3) is 2.83. The largest absolute Gasteiger partial charge is 0.354 e. The Balaban J connectivity index is 2.73. The molecule has 0 fully saturated rings. The molecule has 1 amide bonds. The highest BCUT2D eigenvalue weighted by atomic mass is 16.1. The average Bonchev–Trinajstić information content (AvgIpc) is 2.63. The van der Waals surface area contributed by atoms with Gasteiger partial charge >= 0.3 is 0 Å². The Morgan fingerprint density at radius 3 is 2.81 bits per heavy atom. The van der Waals surface area contributed by atoms with Gasteiger partial charge in [-0.15, -0.1) is 0 Å². The first kappa shape index (κ1) is 12.2. The first-order valence-electron chi connectivity index (χ1n) is 5.20. The third-order valence-corrected chi connectivity index (χ3v) is 2.19. The minimum atomic E-state index is -0.834. The summed E-state index contributed by atoms with van der Waals surface area (Å²) in [6.45, 7) is 4.58. The Morgan fingerprint density at radius 1 is 1.69 bits per heavy atom. The Bertz CT molecular complexity index is 402. The molecule has 86 valence electrons. The summed E-state index contributed by atoms with van der Waals surface area (Å²) in [6.07, 6.45) is 3.30. The van der Waals surface area contributed by atoms with Crippen LogP contribution in [-0.4, -0.2) is 22.0 Å². The van der Waals surface area contributed by atoms with E-state index in [2.05, 4.69) is 10.3 Å². The lowest BCUT2D eigenvalue weighted by Crippen LogP contribution is -2.32. The van der Waals surface area contributed by atoms with Crippen molar-refractivity contribution >= 4 is 5.91 Å². The number of carbonyl (C=O) groups excluding carboxylic acids is 1. The number of carbonyl (C=O) groups is 1. The second kappa shape index (κ2) is 5.31. The van der Waals surface area contributed by atoms with Gasteiger partial charge < -0.3 is 9.88 Å². The van der Waals surface area contributed by atoms with Crippen LogP contribution in [-0.2, 0) is 11.8 Å². The zero-order valence-corrected chi connectivity index (χ0v) is 9.77. The molecule has 0 bridgehead atoms. The van der Waals surface area contributed by atoms with Gasteiger partial charge in [0.15, 0.2) is 5.92 Å². The standard InChI is InChI=1S/C11H16N4O/c1-8(2)7-14-11(16)9(6-12)10-13-4-5-15(10)3/h4-5,8-9H,7H2,1-3H3,(H,14,16)/t9-/m0/s1. The molecule has 0 aliphatic heterocycles. The fourth-order valence-electron chi connectivity index (χ4n) is 1.30. The maximum Gasteiger partial charge on any atom is 0.245 e. The first-order chi connectivity index (χ1) is 7.56. The van der Waals surface area contributed by atoms with Crippen LogP contribution in [0.25, 0.3) is 0 Å². The van der Waals surface area contributed by atoms with E-state index in [0.717, 1.165) is 0 Å². The van der Waals surface area contributed by atoms with E-state index in [1.165, 1.54) is 0 Å². The molecule has 0 aromatic carbocycles. The number of aryl methyl sites for hydroxylation is 1. The second-order valence-corrected chi connectivity index (χ2v) is 4.10. The molecule has 0 aliphatic rings. The summed E-state index contributed by atoms with van der Waals surface area (Å²) in [5.41, 5.74) is 0. The zero-order valence-electron chi connectivity index (χ0n) is 9.77. The second-order valence-electron chi connectivity index (χ2n) is 4.10. The molecule has 0 saturated carbocycles. The van der Waals surface area contributed by atoms with Crippen molar-refractivity contribution < 1.29 is 4.79 Å². The smallest absolute Gasteiger partial charge is 0.245 e. The SMILES string of the molecule is CC(C)CNC(=O)[C@@H](C#N)c1nccn1C. The molecule has 0 radical (unpaired) electrons. The highest BCUT2D eigenvalue weighted by Gasteiger charge is 2.23. The molecular formula is C11H16N4O. The van der Waals surface area contributed by atoms with Crippen molar-refractivity contribution in [2.75, 3.05) is 6.54 Å². The molecule has 0 aliphatic carbocycles. The van der Waals surface area contributed by atoms with E-state index in [4.69, 9.17) is 5.26 Å². The van der Waals surface area contributed by atoms with Crippen molar-refractivity contribution in [1.82, 2.24) is 14.9 Å². The van der Waals surface area contributed by atoms with Gasteiger partial charge in [-0.3, -0.25) is 4.79 Å². The topological polar surface area (TPSA) is 70.7 Å². The highest BCUT2D eigenvalue weighted by Crippen LogP contribution is 2.11. The van der Waals surface area contributed by atoms with E-state index in [-0.39, 0.29) is 5.91 Å². The lowest BCUT2D eigenvalue weighted by Gasteiger charge is -2.11. The lowest BCUT2D eigenvalue weighted by atomic mass is 10.1. The van der Waals surface area contributed by atoms with Gasteiger partial charge in [0.1, 0.15) is 5.82 Å². The van der Waals surface area contributed by atoms with Gasteiger partial charge in [-0.1, -0.05) is 13.8 Å². The van der Waals surface area contributed by atoms with Crippen LogP contribution in [0.15, 0.2) is 12.4 Å². The van der Waals surface area contributed by atoms with Crippen LogP contribution >= 0.6 is 0 Å². The van der Waals surface area contributed by atoms with Crippen molar-refractivity contribution in [2.24, 2.45) is 13.0 Å². The number of nitrogens with zero attached hydrogens (tertiary/aromatic N) is 3. The minimum Gasteiger partial charge on any atom is -0.354 e. The number of amides is 1. The Labute approximate surface area is 95.1 Å². The number of hydrogen-bond acceptors (Lipinski definition) is 3. The molecular weight excluding hydrogens is 204 g/mol. The molecule has 0 unspecified atom stereocenters. The minimum absolute atomic E-state index is 0.287. The van der Waals surface area contributed by atoms with Gasteiger partial charge in [0, 0.05) is 26.0 Å². The molecule has 0 saturated heterocycles. The van der Waals surface area contributed by atoms with E-state index in [9.17, 15) is 4.79 Å². The van der Waals surface area contributed by atoms with Crippen LogP contribution in [0, 0.1) is 17.2 Å². The van der Waals surface area contributed by atoms with Crippen molar-refractivity contribution in [1.29, 1.82) is 5.26 Å². The molecule has 1 aromatic rings. The van der Waals surface area contributed by atoms with Crippen LogP contribution in [0.3, 0.4) is 0 Å². The van der Waals surface area contributed by atoms with Crippen molar-refractivity contribution in [2.45, 2.75) is 19.8 Å². The summed E-state index contributed by atoms with van der Waals surface area (Å²) < 4.78 is 1.68. The molecule has 16 heavy (non-hydrogen) atoms. The average molecular weight is 220 g/mol. The molecule has 0 spiro atoms. The fourth-order valence-corrected chi connectivity index (χ4v) is 1.30. The molecule has 5 heteroatoms. The van der Waals surface area contributed by atoms with Crippen LogP contribution < -0.4 is 5.32 Å². The van der Waals surface area contributed by atoms with Crippen molar-refractivity contribution in [3.05, 3.63) is 18.2 Å². The maximum absolute atomic E-state index is 11.7. The van der Waals surface area contributed by atoms with E-state index >= 15 is 0 Å². The van der Waals surface area contributed by atoms with Crippen LogP contribution in [0.4, 0.5) is 0 Å². The molecule has 1 N–H and O–H groups in total. The zero-order chi connectivity index (χ0) is 12.1. The maximum atomic E-state index is 11.7. The van der Waals surface area contributed by atoms with Crippen LogP contribution in [0.5, 0.6) is 0 Å². The summed E-state index contributed by atoms with van der Waals surface area (Å²) in [7, 11) is 1.77. The fraction of sp³-hybridized carbons (Fsp3) is 0.545. The first-order valence-corrected chi connectivity index (χ1v) is 5.20. The molecule has 1 heterocycles. The van der Waals surface area contributed by atoms with Crippen molar-refractivity contribution in [3.8, 4) is 6.07 Å². The molecule has 1 aromatic heterocycles. The Hall–Kier alpha value is -1.83. The number of aromatic nitrogens is 2. The van der Waals surface area contributed by atoms with Gasteiger partial charge in [0.25, 0.3) is 0 Å². The predicted molar refractivity (Wildman–Crippen MR) is 59.4 cm³/mol. The van der Waals surface area contributed by atoms with Gasteiger partial charge in [-0.2, -0.15) is 5.26 Å². The molecule has 1 rings (SSSR count). The van der Waals surface area contributed by atoms with Gasteiger partial charge in [0.2, 0.25) is 5.91 Å². The van der Waals surface area contributed by atoms with Gasteiger partial charge in [-0.25, -0.2) is 4.98 Å². The normalized spacial score (nSPS) is 12.2. The number of rotatable bonds is 4. The van der Waals surface area contributed by atoms with E-state index in [0.29, 0.717) is 18.3 Å². The summed E-state index contributed by atoms with van der Waals surface area (Å²) in [4.78, 5) is 15.8. The Morgan fingerprint density at radius 2 is 2.38 bits per heavy atom. The monoisotopic (exact) mass is 220 g/mol. The van der Waals surface area contributed by atoms with E-state index < -0.39 is 5.92 Å². The van der Waals surface area contributed by atoms with Gasteiger partial charge in [0.05, 0.1) is 6.07 Å². The molecule has 5 nitrogen and oxygen atoms in total. The Kier molecular flexibility index (Phi) is 4.06. The summed E-state index contributed by atoms with van der Waals surface area (Å²) in [5.74, 6) is -0.280. The summed E-state index contributed by atoms with van der Waals surface area (Å²) in [5, 5.41) is 11.7. The lowest BCUT2D eigenvalue weighted by molar-refractivity contribution is -0.121. The number of imidazole rings is 1. The number of nitrogens with one attached hydrogen (secondary N) is 1. The summed E-state index contributed by atoms with van der Waals surface area (Å²) in [6, 6.07) is 1.97. The van der Waals surface area contributed by atoms with Gasteiger partial charge in [-0.05, 0) is 5.92 Å². The third-order valence-electron chi connectivity index (χ3n) is 2.19. The van der Waals surface area contributed by atoms with E-state index in [1.807, 2.05) is 19.9 Å². The predicted octanol–water partition coefficient (Wildman–Crippen LogP) is 0.799. The van der Waals surface area contributed by atoms with Crippen LogP contribution in [0.2, 0.25) is 0 Å². The number of nitriles is 1. The quantitative estimate of drug-likeness (QED) is 0.815. The number of hydrogen-bond donors (Lipinski definition) is 1. The molecule has 1 atom stereocenters. The van der Waals surface area contributed by atoms with E-state index in [1.54, 1.807) is 24.0 Å². The highest BCUT2D eigenvalue weighted by molar-refractivity contribution is 5.85.